The molecule has 0 bridgehead atoms. The lowest BCUT2D eigenvalue weighted by Crippen LogP contribution is -2.37. The summed E-state index contributed by atoms with van der Waals surface area (Å²) in [5.74, 6) is 1.99. The minimum absolute atomic E-state index is 0.568. The first-order valence-corrected chi connectivity index (χ1v) is 7.01. The van der Waals surface area contributed by atoms with E-state index in [1.807, 2.05) is 0 Å². The van der Waals surface area contributed by atoms with E-state index in [4.69, 9.17) is 5.73 Å². The minimum atomic E-state index is 0.568. The van der Waals surface area contributed by atoms with Gasteiger partial charge in [-0.25, -0.2) is 0 Å². The summed E-state index contributed by atoms with van der Waals surface area (Å²) in [4.78, 5) is 0. The van der Waals surface area contributed by atoms with Gasteiger partial charge in [0, 0.05) is 0 Å². The Morgan fingerprint density at radius 1 is 1.07 bits per heavy atom. The second kappa shape index (κ2) is 4.86. The Kier molecular flexibility index (Phi) is 3.71. The molecule has 0 amide bonds. The molecule has 0 aromatic heterocycles. The first-order chi connectivity index (χ1) is 7.30. The normalized spacial score (nSPS) is 35.6. The Morgan fingerprint density at radius 2 is 1.67 bits per heavy atom. The number of nitrogens with two attached hydrogens (primary N) is 1. The fourth-order valence-electron chi connectivity index (χ4n) is 4.04. The van der Waals surface area contributed by atoms with E-state index in [1.165, 1.54) is 57.8 Å². The van der Waals surface area contributed by atoms with Crippen LogP contribution < -0.4 is 5.73 Å². The van der Waals surface area contributed by atoms with Gasteiger partial charge in [0.1, 0.15) is 0 Å². The lowest BCUT2D eigenvalue weighted by Gasteiger charge is -2.41. The Morgan fingerprint density at radius 3 is 2.13 bits per heavy atom. The van der Waals surface area contributed by atoms with Crippen LogP contribution in [-0.4, -0.2) is 6.54 Å². The van der Waals surface area contributed by atoms with Gasteiger partial charge in [0.25, 0.3) is 0 Å². The molecule has 2 fully saturated rings. The molecule has 0 aliphatic heterocycles. The number of hydrogen-bond acceptors (Lipinski definition) is 1. The predicted octanol–water partition coefficient (Wildman–Crippen LogP) is 3.72. The maximum atomic E-state index is 6.07. The van der Waals surface area contributed by atoms with Crippen LogP contribution in [0.5, 0.6) is 0 Å². The van der Waals surface area contributed by atoms with Gasteiger partial charge < -0.3 is 5.73 Å². The second-order valence-electron chi connectivity index (χ2n) is 5.90. The van der Waals surface area contributed by atoms with Crippen molar-refractivity contribution in [2.75, 3.05) is 6.54 Å². The van der Waals surface area contributed by atoms with E-state index in [0.717, 1.165) is 18.4 Å². The van der Waals surface area contributed by atoms with E-state index < -0.39 is 0 Å². The van der Waals surface area contributed by atoms with Crippen molar-refractivity contribution in [3.05, 3.63) is 0 Å². The first-order valence-electron chi connectivity index (χ1n) is 7.01. The standard InChI is InChI=1S/C14H27N/c1-2-12-5-7-13(8-6-12)14(11-15)9-3-4-10-14/h12-13H,2-11,15H2,1H3. The van der Waals surface area contributed by atoms with E-state index in [9.17, 15) is 0 Å². The van der Waals surface area contributed by atoms with Crippen molar-refractivity contribution in [2.24, 2.45) is 23.0 Å². The van der Waals surface area contributed by atoms with Gasteiger partial charge in [0.2, 0.25) is 0 Å². The van der Waals surface area contributed by atoms with E-state index in [0.29, 0.717) is 5.41 Å². The van der Waals surface area contributed by atoms with Gasteiger partial charge in [-0.2, -0.15) is 0 Å². The summed E-state index contributed by atoms with van der Waals surface area (Å²) in [5.41, 5.74) is 6.63. The lowest BCUT2D eigenvalue weighted by atomic mass is 9.65. The van der Waals surface area contributed by atoms with Crippen molar-refractivity contribution >= 4 is 0 Å². The zero-order valence-corrected chi connectivity index (χ0v) is 10.3. The van der Waals surface area contributed by atoms with Gasteiger partial charge in [0.15, 0.2) is 0 Å². The Balaban J connectivity index is 1.93. The van der Waals surface area contributed by atoms with E-state index >= 15 is 0 Å². The van der Waals surface area contributed by atoms with Gasteiger partial charge in [-0.15, -0.1) is 0 Å². The molecule has 0 unspecified atom stereocenters. The summed E-state index contributed by atoms with van der Waals surface area (Å²) in [6.07, 6.45) is 13.0. The van der Waals surface area contributed by atoms with Gasteiger partial charge in [0.05, 0.1) is 0 Å². The molecule has 15 heavy (non-hydrogen) atoms. The van der Waals surface area contributed by atoms with Gasteiger partial charge in [-0.05, 0) is 49.5 Å². The zero-order chi connectivity index (χ0) is 10.7. The van der Waals surface area contributed by atoms with E-state index in [-0.39, 0.29) is 0 Å². The van der Waals surface area contributed by atoms with Gasteiger partial charge >= 0.3 is 0 Å². The second-order valence-corrected chi connectivity index (χ2v) is 5.90. The maximum Gasteiger partial charge on any atom is -0.00179 e. The van der Waals surface area contributed by atoms with Gasteiger partial charge in [-0.3, -0.25) is 0 Å². The fourth-order valence-corrected chi connectivity index (χ4v) is 4.04. The number of hydrogen-bond donors (Lipinski definition) is 1. The zero-order valence-electron chi connectivity index (χ0n) is 10.3. The fraction of sp³-hybridized carbons (Fsp3) is 1.00. The molecule has 0 spiro atoms. The minimum Gasteiger partial charge on any atom is -0.330 e. The van der Waals surface area contributed by atoms with Crippen LogP contribution in [0.15, 0.2) is 0 Å². The van der Waals surface area contributed by atoms with Gasteiger partial charge in [-0.1, -0.05) is 39.0 Å². The molecule has 88 valence electrons. The average molecular weight is 209 g/mol. The van der Waals surface area contributed by atoms with Crippen LogP contribution >= 0.6 is 0 Å². The molecule has 0 aromatic rings. The van der Waals surface area contributed by atoms with Crippen LogP contribution in [0.2, 0.25) is 0 Å². The highest BCUT2D eigenvalue weighted by atomic mass is 14.6. The molecule has 0 heterocycles. The highest BCUT2D eigenvalue weighted by molar-refractivity contribution is 4.93. The third kappa shape index (κ3) is 2.22. The van der Waals surface area contributed by atoms with Crippen molar-refractivity contribution in [1.82, 2.24) is 0 Å². The van der Waals surface area contributed by atoms with Crippen molar-refractivity contribution in [1.29, 1.82) is 0 Å². The van der Waals surface area contributed by atoms with Crippen molar-refractivity contribution in [3.8, 4) is 0 Å². The molecule has 0 aromatic carbocycles. The molecule has 2 aliphatic rings. The smallest absolute Gasteiger partial charge is 0.00179 e. The summed E-state index contributed by atoms with van der Waals surface area (Å²) in [5, 5.41) is 0. The third-order valence-corrected chi connectivity index (χ3v) is 5.30. The SMILES string of the molecule is CCC1CCC(C2(CN)CCCC2)CC1. The Bertz CT molecular complexity index is 186. The van der Waals surface area contributed by atoms with Crippen molar-refractivity contribution < 1.29 is 0 Å². The molecule has 2 aliphatic carbocycles. The molecule has 0 saturated heterocycles. The largest absolute Gasteiger partial charge is 0.330 e. The molecule has 0 atom stereocenters. The molecule has 0 radical (unpaired) electrons. The molecular weight excluding hydrogens is 182 g/mol. The van der Waals surface area contributed by atoms with Crippen molar-refractivity contribution in [2.45, 2.75) is 64.7 Å². The van der Waals surface area contributed by atoms with Crippen LogP contribution in [0.25, 0.3) is 0 Å². The van der Waals surface area contributed by atoms with Crippen LogP contribution in [0.1, 0.15) is 64.7 Å². The summed E-state index contributed by atoms with van der Waals surface area (Å²) in [7, 11) is 0. The summed E-state index contributed by atoms with van der Waals surface area (Å²) >= 11 is 0. The quantitative estimate of drug-likeness (QED) is 0.753. The van der Waals surface area contributed by atoms with Crippen LogP contribution in [0.3, 0.4) is 0 Å². The molecule has 2 rings (SSSR count). The third-order valence-electron chi connectivity index (χ3n) is 5.30. The monoisotopic (exact) mass is 209 g/mol. The Labute approximate surface area is 94.8 Å². The topological polar surface area (TPSA) is 26.0 Å². The maximum absolute atomic E-state index is 6.07. The van der Waals surface area contributed by atoms with Crippen LogP contribution in [-0.2, 0) is 0 Å². The van der Waals surface area contributed by atoms with Crippen molar-refractivity contribution in [3.63, 3.8) is 0 Å². The molecular formula is C14H27N. The highest BCUT2D eigenvalue weighted by Gasteiger charge is 2.41. The summed E-state index contributed by atoms with van der Waals surface area (Å²) < 4.78 is 0. The molecule has 2 N–H and O–H groups in total. The van der Waals surface area contributed by atoms with Crippen LogP contribution in [0.4, 0.5) is 0 Å². The summed E-state index contributed by atoms with van der Waals surface area (Å²) in [6, 6.07) is 0. The molecule has 1 nitrogen and oxygen atoms in total. The summed E-state index contributed by atoms with van der Waals surface area (Å²) in [6.45, 7) is 3.30. The van der Waals surface area contributed by atoms with E-state index in [1.54, 1.807) is 0 Å². The lowest BCUT2D eigenvalue weighted by molar-refractivity contribution is 0.109. The molecule has 2 saturated carbocycles. The Hall–Kier alpha value is -0.0400. The molecule has 1 heteroatoms. The van der Waals surface area contributed by atoms with Crippen LogP contribution in [0, 0.1) is 17.3 Å². The first kappa shape index (κ1) is 11.4. The number of rotatable bonds is 3. The van der Waals surface area contributed by atoms with E-state index in [2.05, 4.69) is 6.92 Å². The predicted molar refractivity (Wildman–Crippen MR) is 65.7 cm³/mol. The highest BCUT2D eigenvalue weighted by Crippen LogP contribution is 2.49. The average Bonchev–Trinajstić information content (AvgIpc) is 2.79.